The fourth-order valence-corrected chi connectivity index (χ4v) is 2.19. The van der Waals surface area contributed by atoms with E-state index in [-0.39, 0.29) is 29.3 Å². The average molecular weight is 382 g/mol. The van der Waals surface area contributed by atoms with Gasteiger partial charge in [0.25, 0.3) is 20.2 Å². The quantitative estimate of drug-likeness (QED) is 0.607. The van der Waals surface area contributed by atoms with Gasteiger partial charge in [0, 0.05) is 19.5 Å². The van der Waals surface area contributed by atoms with Gasteiger partial charge >= 0.3 is 0 Å². The van der Waals surface area contributed by atoms with E-state index in [4.69, 9.17) is 9.11 Å². The van der Waals surface area contributed by atoms with E-state index in [0.29, 0.717) is 0 Å². The molecule has 0 unspecified atom stereocenters. The van der Waals surface area contributed by atoms with E-state index in [0.717, 1.165) is 0 Å². The van der Waals surface area contributed by atoms with Crippen molar-refractivity contribution in [3.05, 3.63) is 60.7 Å². The molecular weight excluding hydrogens is 370 g/mol. The molecular formula is C12H12O6S2Zn. The average Bonchev–Trinajstić information content (AvgIpc) is 2.40. The first-order chi connectivity index (χ1) is 9.21. The topological polar surface area (TPSA) is 109 Å². The molecule has 0 fully saturated rings. The van der Waals surface area contributed by atoms with Crippen LogP contribution in [0, 0.1) is 0 Å². The van der Waals surface area contributed by atoms with E-state index in [1.807, 2.05) is 0 Å². The summed E-state index contributed by atoms with van der Waals surface area (Å²) in [5, 5.41) is 0. The minimum absolute atomic E-state index is 0. The summed E-state index contributed by atoms with van der Waals surface area (Å²) in [7, 11) is -8.01. The first kappa shape index (κ1) is 19.9. The monoisotopic (exact) mass is 380 g/mol. The van der Waals surface area contributed by atoms with Crippen LogP contribution < -0.4 is 0 Å². The van der Waals surface area contributed by atoms with Crippen molar-refractivity contribution in [3.63, 3.8) is 0 Å². The summed E-state index contributed by atoms with van der Waals surface area (Å²) in [5.74, 6) is 0. The van der Waals surface area contributed by atoms with Gasteiger partial charge in [-0.05, 0) is 24.3 Å². The van der Waals surface area contributed by atoms with E-state index in [1.54, 1.807) is 36.4 Å². The molecule has 0 aliphatic carbocycles. The van der Waals surface area contributed by atoms with Crippen molar-refractivity contribution in [1.29, 1.82) is 0 Å². The molecule has 0 spiro atoms. The van der Waals surface area contributed by atoms with Crippen LogP contribution in [0.3, 0.4) is 0 Å². The molecule has 6 nitrogen and oxygen atoms in total. The Bertz CT molecular complexity index is 675. The minimum Gasteiger partial charge on any atom is -0.282 e. The second-order valence-corrected chi connectivity index (χ2v) is 6.42. The van der Waals surface area contributed by atoms with Crippen molar-refractivity contribution in [2.24, 2.45) is 0 Å². The Morgan fingerprint density at radius 2 is 0.810 bits per heavy atom. The summed E-state index contributed by atoms with van der Waals surface area (Å²) in [6.45, 7) is 0. The Hall–Kier alpha value is -1.12. The van der Waals surface area contributed by atoms with E-state index >= 15 is 0 Å². The van der Waals surface area contributed by atoms with Crippen LogP contribution in [-0.4, -0.2) is 25.9 Å². The van der Waals surface area contributed by atoms with Gasteiger partial charge in [-0.2, -0.15) is 16.8 Å². The summed E-state index contributed by atoms with van der Waals surface area (Å²) in [4.78, 5) is -0.148. The summed E-state index contributed by atoms with van der Waals surface area (Å²) in [6.07, 6.45) is 0. The van der Waals surface area contributed by atoms with Gasteiger partial charge in [0.1, 0.15) is 0 Å². The summed E-state index contributed by atoms with van der Waals surface area (Å²) >= 11 is 0. The van der Waals surface area contributed by atoms with Crippen LogP contribution in [0.2, 0.25) is 0 Å². The van der Waals surface area contributed by atoms with Crippen LogP contribution in [-0.2, 0) is 39.7 Å². The maximum absolute atomic E-state index is 10.4. The van der Waals surface area contributed by atoms with Gasteiger partial charge in [0.15, 0.2) is 0 Å². The molecule has 0 aliphatic heterocycles. The Kier molecular flexibility index (Phi) is 7.91. The molecule has 2 N–H and O–H groups in total. The Morgan fingerprint density at radius 1 is 0.571 bits per heavy atom. The first-order valence-electron chi connectivity index (χ1n) is 5.26. The molecule has 0 radical (unpaired) electrons. The number of benzene rings is 2. The van der Waals surface area contributed by atoms with E-state index < -0.39 is 20.2 Å². The molecule has 0 aliphatic rings. The molecule has 0 heterocycles. The van der Waals surface area contributed by atoms with Crippen LogP contribution in [0.15, 0.2) is 70.5 Å². The third-order valence-corrected chi connectivity index (χ3v) is 3.82. The Morgan fingerprint density at radius 3 is 0.952 bits per heavy atom. The zero-order chi connectivity index (χ0) is 15.2. The predicted octanol–water partition coefficient (Wildman–Crippen LogP) is 1.86. The molecule has 9 heteroatoms. The molecule has 2 aromatic rings. The third kappa shape index (κ3) is 7.45. The normalized spacial score (nSPS) is 10.8. The van der Waals surface area contributed by atoms with E-state index in [1.165, 1.54) is 24.3 Å². The van der Waals surface area contributed by atoms with Gasteiger partial charge < -0.3 is 0 Å². The van der Waals surface area contributed by atoms with E-state index in [2.05, 4.69) is 0 Å². The van der Waals surface area contributed by atoms with Crippen LogP contribution in [0.25, 0.3) is 0 Å². The zero-order valence-electron chi connectivity index (χ0n) is 10.8. The summed E-state index contributed by atoms with van der Waals surface area (Å²) in [6, 6.07) is 14.8. The molecule has 0 saturated carbocycles. The first-order valence-corrected chi connectivity index (χ1v) is 8.14. The van der Waals surface area contributed by atoms with Crippen LogP contribution in [0.1, 0.15) is 0 Å². The van der Waals surface area contributed by atoms with Crippen LogP contribution in [0.4, 0.5) is 0 Å². The molecule has 0 bridgehead atoms. The zero-order valence-corrected chi connectivity index (χ0v) is 15.4. The molecule has 0 saturated heterocycles. The van der Waals surface area contributed by atoms with Crippen molar-refractivity contribution in [3.8, 4) is 0 Å². The number of hydrogen-bond acceptors (Lipinski definition) is 4. The van der Waals surface area contributed by atoms with Crippen molar-refractivity contribution in [2.45, 2.75) is 9.79 Å². The van der Waals surface area contributed by atoms with Gasteiger partial charge in [-0.15, -0.1) is 0 Å². The largest absolute Gasteiger partial charge is 0.294 e. The SMILES string of the molecule is O=S(=O)(O)c1ccccc1.O=S(=O)(O)c1ccccc1.[Zn]. The number of rotatable bonds is 2. The maximum Gasteiger partial charge on any atom is 0.294 e. The minimum atomic E-state index is -4.00. The Labute approximate surface area is 136 Å². The van der Waals surface area contributed by atoms with Gasteiger partial charge in [-0.1, -0.05) is 36.4 Å². The number of hydrogen-bond donors (Lipinski definition) is 2. The van der Waals surface area contributed by atoms with Crippen LogP contribution >= 0.6 is 0 Å². The van der Waals surface area contributed by atoms with Gasteiger partial charge in [-0.3, -0.25) is 9.11 Å². The second kappa shape index (κ2) is 8.36. The molecule has 2 aromatic carbocycles. The standard InChI is InChI=1S/2C6H6O3S.Zn/c2*7-10(8,9)6-4-2-1-3-5-6;/h2*1-5H,(H,7,8,9);. The van der Waals surface area contributed by atoms with Crippen LogP contribution in [0.5, 0.6) is 0 Å². The fraction of sp³-hybridized carbons (Fsp3) is 0. The third-order valence-electron chi connectivity index (χ3n) is 2.08. The predicted molar refractivity (Wildman–Crippen MR) is 72.5 cm³/mol. The molecule has 110 valence electrons. The van der Waals surface area contributed by atoms with Crippen molar-refractivity contribution < 1.29 is 45.4 Å². The second-order valence-electron chi connectivity index (χ2n) is 3.58. The molecule has 0 aromatic heterocycles. The van der Waals surface area contributed by atoms with Gasteiger partial charge in [0.2, 0.25) is 0 Å². The molecule has 0 atom stereocenters. The van der Waals surface area contributed by atoms with Crippen molar-refractivity contribution in [2.75, 3.05) is 0 Å². The summed E-state index contributed by atoms with van der Waals surface area (Å²) < 4.78 is 58.5. The molecule has 21 heavy (non-hydrogen) atoms. The molecule has 2 rings (SSSR count). The smallest absolute Gasteiger partial charge is 0.282 e. The van der Waals surface area contributed by atoms with Gasteiger partial charge in [-0.25, -0.2) is 0 Å². The van der Waals surface area contributed by atoms with E-state index in [9.17, 15) is 16.8 Å². The molecule has 0 amide bonds. The van der Waals surface area contributed by atoms with Crippen molar-refractivity contribution >= 4 is 20.2 Å². The van der Waals surface area contributed by atoms with Gasteiger partial charge in [0.05, 0.1) is 9.79 Å². The van der Waals surface area contributed by atoms with Crippen molar-refractivity contribution in [1.82, 2.24) is 0 Å². The summed E-state index contributed by atoms with van der Waals surface area (Å²) in [5.41, 5.74) is 0. The maximum atomic E-state index is 10.4. The fourth-order valence-electron chi connectivity index (χ4n) is 1.18. The Balaban J connectivity index is 0.000000364.